The smallest absolute Gasteiger partial charge is 0.251 e. The molecule has 198 valence electrons. The van der Waals surface area contributed by atoms with Gasteiger partial charge >= 0.3 is 0 Å². The minimum absolute atomic E-state index is 0.00746. The number of methoxy groups -OCH3 is 4. The van der Waals surface area contributed by atoms with Gasteiger partial charge in [0.25, 0.3) is 5.91 Å². The molecule has 1 amide bonds. The van der Waals surface area contributed by atoms with Gasteiger partial charge in [-0.3, -0.25) is 9.10 Å². The van der Waals surface area contributed by atoms with Gasteiger partial charge in [0, 0.05) is 24.2 Å². The summed E-state index contributed by atoms with van der Waals surface area (Å²) in [5.41, 5.74) is 2.22. The quantitative estimate of drug-likeness (QED) is 0.381. The highest BCUT2D eigenvalue weighted by Gasteiger charge is 2.24. The number of hydrogen-bond acceptors (Lipinski definition) is 7. The maximum Gasteiger partial charge on any atom is 0.251 e. The number of amides is 1. The first-order valence-electron chi connectivity index (χ1n) is 11.1. The van der Waals surface area contributed by atoms with Crippen LogP contribution in [0.4, 0.5) is 5.69 Å². The summed E-state index contributed by atoms with van der Waals surface area (Å²) in [7, 11) is 2.27. The number of anilines is 1. The van der Waals surface area contributed by atoms with Gasteiger partial charge in [-0.1, -0.05) is 29.8 Å². The van der Waals surface area contributed by atoms with Crippen molar-refractivity contribution in [3.8, 4) is 23.0 Å². The third-order valence-electron chi connectivity index (χ3n) is 5.57. The van der Waals surface area contributed by atoms with Crippen LogP contribution in [0.15, 0.2) is 54.6 Å². The molecule has 3 aromatic carbocycles. The molecular weight excluding hydrogens is 520 g/mol. The predicted octanol–water partition coefficient (Wildman–Crippen LogP) is 4.27. The van der Waals surface area contributed by atoms with E-state index in [1.165, 1.54) is 30.7 Å². The van der Waals surface area contributed by atoms with Crippen LogP contribution in [0.25, 0.3) is 0 Å². The first-order valence-corrected chi connectivity index (χ1v) is 13.3. The highest BCUT2D eigenvalue weighted by molar-refractivity contribution is 7.92. The monoisotopic (exact) mass is 548 g/mol. The maximum atomic E-state index is 12.7. The lowest BCUT2D eigenvalue weighted by molar-refractivity contribution is 0.0951. The lowest BCUT2D eigenvalue weighted by Gasteiger charge is -2.25. The number of nitrogens with zero attached hydrogens (tertiary/aromatic N) is 1. The molecule has 3 aromatic rings. The van der Waals surface area contributed by atoms with Gasteiger partial charge in [-0.25, -0.2) is 8.42 Å². The van der Waals surface area contributed by atoms with Crippen molar-refractivity contribution in [1.29, 1.82) is 0 Å². The van der Waals surface area contributed by atoms with E-state index in [9.17, 15) is 13.2 Å². The number of carbonyl (C=O) groups excluding carboxylic acids is 1. The standard InChI is InChI=1S/C26H29ClN2O7S/c1-33-22-11-8-18(12-25(22)36-4)15-28-26(30)19-9-6-17(7-10-19)16-29(37(5,31)32)21-14-23(34-2)20(27)13-24(21)35-3/h6-14H,15-16H2,1-5H3,(H,28,30). The second-order valence-corrected chi connectivity index (χ2v) is 10.3. The molecule has 0 spiro atoms. The molecule has 0 bridgehead atoms. The number of benzene rings is 3. The predicted molar refractivity (Wildman–Crippen MR) is 143 cm³/mol. The Balaban J connectivity index is 1.77. The highest BCUT2D eigenvalue weighted by atomic mass is 35.5. The highest BCUT2D eigenvalue weighted by Crippen LogP contribution is 2.39. The fourth-order valence-electron chi connectivity index (χ4n) is 3.62. The van der Waals surface area contributed by atoms with Crippen molar-refractivity contribution in [3.63, 3.8) is 0 Å². The molecule has 0 aliphatic carbocycles. The molecule has 0 fully saturated rings. The normalized spacial score (nSPS) is 11.0. The topological polar surface area (TPSA) is 103 Å². The number of rotatable bonds is 11. The Morgan fingerprint density at radius 1 is 0.811 bits per heavy atom. The second kappa shape index (κ2) is 12.1. The second-order valence-electron chi connectivity index (χ2n) is 8.00. The maximum absolute atomic E-state index is 12.7. The van der Waals surface area contributed by atoms with Gasteiger partial charge in [-0.15, -0.1) is 0 Å². The fraction of sp³-hybridized carbons (Fsp3) is 0.269. The Kier molecular flexibility index (Phi) is 9.12. The fourth-order valence-corrected chi connectivity index (χ4v) is 4.74. The number of nitrogens with one attached hydrogen (secondary N) is 1. The zero-order valence-corrected chi connectivity index (χ0v) is 22.8. The van der Waals surface area contributed by atoms with Crippen LogP contribution in [0.1, 0.15) is 21.5 Å². The summed E-state index contributed by atoms with van der Waals surface area (Å²) in [5, 5.41) is 3.15. The Labute approximate surface area is 221 Å². The Hall–Kier alpha value is -3.63. The molecule has 0 saturated carbocycles. The third kappa shape index (κ3) is 6.78. The molecule has 0 saturated heterocycles. The van der Waals surface area contributed by atoms with Crippen LogP contribution < -0.4 is 28.6 Å². The number of halogens is 1. The molecule has 0 aliphatic rings. The van der Waals surface area contributed by atoms with Crippen molar-refractivity contribution < 1.29 is 32.2 Å². The number of hydrogen-bond donors (Lipinski definition) is 1. The van der Waals surface area contributed by atoms with Gasteiger partial charge in [0.05, 0.1) is 51.9 Å². The average molecular weight is 549 g/mol. The van der Waals surface area contributed by atoms with Crippen LogP contribution in [0, 0.1) is 0 Å². The SMILES string of the molecule is COc1cc(N(Cc2ccc(C(=O)NCc3ccc(OC)c(OC)c3)cc2)S(C)(=O)=O)c(OC)cc1Cl. The minimum Gasteiger partial charge on any atom is -0.495 e. The number of sulfonamides is 1. The van der Waals surface area contributed by atoms with E-state index in [1.807, 2.05) is 6.07 Å². The molecule has 1 N–H and O–H groups in total. The number of carbonyl (C=O) groups is 1. The van der Waals surface area contributed by atoms with Crippen LogP contribution in [0.5, 0.6) is 23.0 Å². The molecule has 3 rings (SSSR count). The largest absolute Gasteiger partial charge is 0.495 e. The molecule has 9 nitrogen and oxygen atoms in total. The molecule has 0 unspecified atom stereocenters. The van der Waals surface area contributed by atoms with Crippen molar-refractivity contribution >= 4 is 33.2 Å². The van der Waals surface area contributed by atoms with E-state index in [-0.39, 0.29) is 23.9 Å². The summed E-state index contributed by atoms with van der Waals surface area (Å²) >= 11 is 6.18. The van der Waals surface area contributed by atoms with Gasteiger partial charge in [-0.05, 0) is 35.4 Å². The molecule has 11 heteroatoms. The summed E-state index contributed by atoms with van der Waals surface area (Å²) in [6.45, 7) is 0.300. The van der Waals surface area contributed by atoms with Crippen molar-refractivity contribution in [3.05, 3.63) is 76.3 Å². The molecule has 0 radical (unpaired) electrons. The van der Waals surface area contributed by atoms with Crippen LogP contribution >= 0.6 is 11.6 Å². The van der Waals surface area contributed by atoms with E-state index < -0.39 is 10.0 Å². The lowest BCUT2D eigenvalue weighted by Crippen LogP contribution is -2.30. The van der Waals surface area contributed by atoms with E-state index in [0.717, 1.165) is 11.8 Å². The summed E-state index contributed by atoms with van der Waals surface area (Å²) in [5.74, 6) is 1.50. The van der Waals surface area contributed by atoms with E-state index in [4.69, 9.17) is 30.5 Å². The lowest BCUT2D eigenvalue weighted by atomic mass is 10.1. The Morgan fingerprint density at radius 2 is 1.41 bits per heavy atom. The zero-order valence-electron chi connectivity index (χ0n) is 21.2. The third-order valence-corrected chi connectivity index (χ3v) is 6.99. The summed E-state index contributed by atoms with van der Waals surface area (Å²) in [6, 6.07) is 15.1. The molecule has 0 aliphatic heterocycles. The van der Waals surface area contributed by atoms with E-state index in [0.29, 0.717) is 39.9 Å². The van der Waals surface area contributed by atoms with Crippen LogP contribution in [0.3, 0.4) is 0 Å². The van der Waals surface area contributed by atoms with Gasteiger partial charge in [-0.2, -0.15) is 0 Å². The first-order chi connectivity index (χ1) is 17.6. The van der Waals surface area contributed by atoms with Crippen molar-refractivity contribution in [2.24, 2.45) is 0 Å². The summed E-state index contributed by atoms with van der Waals surface area (Å²) < 4.78 is 47.7. The Morgan fingerprint density at radius 3 is 1.97 bits per heavy atom. The molecular formula is C26H29ClN2O7S. The van der Waals surface area contributed by atoms with E-state index in [2.05, 4.69) is 5.32 Å². The first kappa shape index (κ1) is 27.9. The van der Waals surface area contributed by atoms with Crippen LogP contribution in [-0.2, 0) is 23.1 Å². The number of ether oxygens (including phenoxy) is 4. The van der Waals surface area contributed by atoms with Gasteiger partial charge < -0.3 is 24.3 Å². The molecule has 0 atom stereocenters. The molecule has 0 aromatic heterocycles. The zero-order chi connectivity index (χ0) is 27.2. The molecule has 37 heavy (non-hydrogen) atoms. The average Bonchev–Trinajstić information content (AvgIpc) is 2.89. The van der Waals surface area contributed by atoms with Gasteiger partial charge in [0.15, 0.2) is 11.5 Å². The van der Waals surface area contributed by atoms with E-state index in [1.54, 1.807) is 50.6 Å². The van der Waals surface area contributed by atoms with Crippen molar-refractivity contribution in [1.82, 2.24) is 5.32 Å². The molecule has 0 heterocycles. The van der Waals surface area contributed by atoms with Crippen LogP contribution in [0.2, 0.25) is 5.02 Å². The van der Waals surface area contributed by atoms with Crippen molar-refractivity contribution in [2.45, 2.75) is 13.1 Å². The van der Waals surface area contributed by atoms with Gasteiger partial charge in [0.1, 0.15) is 11.5 Å². The van der Waals surface area contributed by atoms with Gasteiger partial charge in [0.2, 0.25) is 10.0 Å². The minimum atomic E-state index is -3.71. The Bertz CT molecular complexity index is 1360. The van der Waals surface area contributed by atoms with E-state index >= 15 is 0 Å². The summed E-state index contributed by atoms with van der Waals surface area (Å²) in [6.07, 6.45) is 1.10. The summed E-state index contributed by atoms with van der Waals surface area (Å²) in [4.78, 5) is 12.7. The van der Waals surface area contributed by atoms with Crippen molar-refractivity contribution in [2.75, 3.05) is 39.0 Å². The van der Waals surface area contributed by atoms with Crippen LogP contribution in [-0.4, -0.2) is 49.0 Å².